The number of sulfone groups is 1. The van der Waals surface area contributed by atoms with Crippen molar-refractivity contribution in [1.82, 2.24) is 10.9 Å². The van der Waals surface area contributed by atoms with Gasteiger partial charge in [0.15, 0.2) is 33.0 Å². The summed E-state index contributed by atoms with van der Waals surface area (Å²) in [4.78, 5) is 19.5. The van der Waals surface area contributed by atoms with Crippen LogP contribution in [0.5, 0.6) is 17.2 Å². The van der Waals surface area contributed by atoms with Crippen LogP contribution in [-0.4, -0.2) is 70.6 Å². The van der Waals surface area contributed by atoms with Crippen molar-refractivity contribution in [3.05, 3.63) is 118 Å². The van der Waals surface area contributed by atoms with Gasteiger partial charge in [-0.1, -0.05) is 52.3 Å². The minimum atomic E-state index is -3.79. The van der Waals surface area contributed by atoms with Crippen LogP contribution in [0.4, 0.5) is 0 Å². The van der Waals surface area contributed by atoms with Gasteiger partial charge >= 0.3 is 0 Å². The second-order valence-corrected chi connectivity index (χ2v) is 14.6. The van der Waals surface area contributed by atoms with Gasteiger partial charge in [-0.2, -0.15) is 0 Å². The second-order valence-electron chi connectivity index (χ2n) is 11.5. The summed E-state index contributed by atoms with van der Waals surface area (Å²) in [6.45, 7) is 0.740. The average Bonchev–Trinajstić information content (AvgIpc) is 3.54. The van der Waals surface area contributed by atoms with Gasteiger partial charge in [0.2, 0.25) is 5.90 Å². The Morgan fingerprint density at radius 1 is 0.960 bits per heavy atom. The van der Waals surface area contributed by atoms with Crippen molar-refractivity contribution < 1.29 is 37.3 Å². The summed E-state index contributed by atoms with van der Waals surface area (Å²) in [6, 6.07) is 28.1. The lowest BCUT2D eigenvalue weighted by Gasteiger charge is -2.30. The minimum absolute atomic E-state index is 0.0232. The topological polar surface area (TPSA) is 145 Å². The van der Waals surface area contributed by atoms with Crippen LogP contribution in [0.25, 0.3) is 0 Å². The van der Waals surface area contributed by atoms with Crippen LogP contribution in [-0.2, 0) is 25.8 Å². The van der Waals surface area contributed by atoms with Crippen LogP contribution in [0.1, 0.15) is 35.6 Å². The summed E-state index contributed by atoms with van der Waals surface area (Å²) in [5, 5.41) is 9.08. The predicted molar refractivity (Wildman–Crippen MR) is 193 cm³/mol. The van der Waals surface area contributed by atoms with E-state index >= 15 is 0 Å². The normalized spacial score (nSPS) is 17.0. The fourth-order valence-electron chi connectivity index (χ4n) is 5.54. The fourth-order valence-corrected chi connectivity index (χ4v) is 7.19. The number of aliphatic imine (C=N–C) groups is 1. The van der Waals surface area contributed by atoms with Crippen LogP contribution in [0.3, 0.4) is 0 Å². The number of methoxy groups -OCH3 is 2. The molecule has 1 aliphatic heterocycles. The Morgan fingerprint density at radius 2 is 1.68 bits per heavy atom. The first kappa shape index (κ1) is 36.8. The van der Waals surface area contributed by atoms with Crippen molar-refractivity contribution in [2.24, 2.45) is 4.99 Å². The molecule has 0 unspecified atom stereocenters. The lowest BCUT2D eigenvalue weighted by Crippen LogP contribution is -2.53. The lowest BCUT2D eigenvalue weighted by atomic mass is 9.85. The molecule has 0 radical (unpaired) electrons. The Balaban J connectivity index is 1.46. The number of hydrogen-bond acceptors (Lipinski definition) is 10. The van der Waals surface area contributed by atoms with Crippen molar-refractivity contribution >= 4 is 37.6 Å². The highest BCUT2D eigenvalue weighted by Gasteiger charge is 2.53. The van der Waals surface area contributed by atoms with Gasteiger partial charge in [-0.25, -0.2) is 18.8 Å². The molecule has 13 heteroatoms. The van der Waals surface area contributed by atoms with Crippen LogP contribution in [0.15, 0.2) is 111 Å². The molecule has 1 heterocycles. The van der Waals surface area contributed by atoms with E-state index in [9.17, 15) is 13.2 Å². The number of nitrogens with zero attached hydrogens (tertiary/aromatic N) is 1. The SMILES string of the molecule is COc1ccc(CCNNC(=O)[C@@]2(CCS(=O)(=O)c3ccccc3)N=C(c3ccc(OCCCO)cc3)O[C@H]2c2ccc(Br)cc2)cc1OC. The number of rotatable bonds is 17. The molecule has 4 aromatic rings. The maximum Gasteiger partial charge on any atom is 0.266 e. The molecule has 0 aromatic heterocycles. The molecule has 1 amide bonds. The predicted octanol–water partition coefficient (Wildman–Crippen LogP) is 5.21. The van der Waals surface area contributed by atoms with E-state index in [1.165, 1.54) is 12.1 Å². The number of nitrogens with one attached hydrogen (secondary N) is 2. The first-order valence-electron chi connectivity index (χ1n) is 16.1. The number of amides is 1. The first-order valence-corrected chi connectivity index (χ1v) is 18.5. The second kappa shape index (κ2) is 17.0. The Bertz CT molecular complexity index is 1870. The maximum atomic E-state index is 14.4. The summed E-state index contributed by atoms with van der Waals surface area (Å²) in [5.41, 5.74) is 6.33. The van der Waals surface area contributed by atoms with Crippen molar-refractivity contribution in [2.75, 3.05) is 39.7 Å². The number of aliphatic hydroxyl groups is 1. The molecule has 3 N–H and O–H groups in total. The number of carbonyl (C=O) groups is 1. The van der Waals surface area contributed by atoms with E-state index in [0.717, 1.165) is 10.0 Å². The van der Waals surface area contributed by atoms with Gasteiger partial charge in [0.25, 0.3) is 5.91 Å². The van der Waals surface area contributed by atoms with E-state index in [-0.39, 0.29) is 29.6 Å². The minimum Gasteiger partial charge on any atom is -0.494 e. The highest BCUT2D eigenvalue weighted by Crippen LogP contribution is 2.43. The van der Waals surface area contributed by atoms with Gasteiger partial charge in [0, 0.05) is 36.0 Å². The summed E-state index contributed by atoms with van der Waals surface area (Å²) in [6.07, 6.45) is -0.0768. The third-order valence-corrected chi connectivity index (χ3v) is 10.5. The van der Waals surface area contributed by atoms with E-state index < -0.39 is 27.4 Å². The zero-order valence-electron chi connectivity index (χ0n) is 27.8. The molecule has 0 fully saturated rings. The van der Waals surface area contributed by atoms with E-state index in [4.69, 9.17) is 29.0 Å². The van der Waals surface area contributed by atoms with Crippen molar-refractivity contribution in [2.45, 2.75) is 35.8 Å². The van der Waals surface area contributed by atoms with Gasteiger partial charge in [-0.05, 0) is 78.2 Å². The van der Waals surface area contributed by atoms with E-state index in [0.29, 0.717) is 54.4 Å². The molecule has 2 atom stereocenters. The van der Waals surface area contributed by atoms with Gasteiger partial charge in [-0.15, -0.1) is 0 Å². The molecule has 0 spiro atoms. The molecule has 0 saturated heterocycles. The van der Waals surface area contributed by atoms with E-state index in [1.807, 2.05) is 42.5 Å². The highest BCUT2D eigenvalue weighted by molar-refractivity contribution is 9.10. The van der Waals surface area contributed by atoms with E-state index in [2.05, 4.69) is 26.8 Å². The number of halogens is 1. The largest absolute Gasteiger partial charge is 0.494 e. The van der Waals surface area contributed by atoms with Crippen molar-refractivity contribution in [3.63, 3.8) is 0 Å². The Morgan fingerprint density at radius 3 is 2.36 bits per heavy atom. The zero-order valence-corrected chi connectivity index (χ0v) is 30.2. The van der Waals surface area contributed by atoms with Crippen LogP contribution < -0.4 is 25.1 Å². The summed E-state index contributed by atoms with van der Waals surface area (Å²) in [7, 11) is -0.653. The summed E-state index contributed by atoms with van der Waals surface area (Å²) >= 11 is 3.47. The molecule has 4 aromatic carbocycles. The third kappa shape index (κ3) is 8.83. The smallest absolute Gasteiger partial charge is 0.266 e. The van der Waals surface area contributed by atoms with Crippen molar-refractivity contribution in [1.29, 1.82) is 0 Å². The molecule has 0 bridgehead atoms. The number of aliphatic hydroxyl groups excluding tert-OH is 1. The van der Waals surface area contributed by atoms with Gasteiger partial charge < -0.3 is 24.1 Å². The summed E-state index contributed by atoms with van der Waals surface area (Å²) in [5.74, 6) is 1.10. The Kier molecular flexibility index (Phi) is 12.5. The van der Waals surface area contributed by atoms with Gasteiger partial charge in [0.05, 0.1) is 31.5 Å². The first-order chi connectivity index (χ1) is 24.2. The molecular weight excluding hydrogens is 726 g/mol. The molecule has 1 aliphatic rings. The quantitative estimate of drug-likeness (QED) is 0.0975. The number of benzene rings is 4. The van der Waals surface area contributed by atoms with E-state index in [1.54, 1.807) is 56.7 Å². The Labute approximate surface area is 300 Å². The van der Waals surface area contributed by atoms with Crippen molar-refractivity contribution in [3.8, 4) is 17.2 Å². The monoisotopic (exact) mass is 765 g/mol. The molecular formula is C37H40BrN3O8S. The third-order valence-electron chi connectivity index (χ3n) is 8.25. The maximum absolute atomic E-state index is 14.4. The number of carbonyl (C=O) groups excluding carboxylic acids is 1. The molecule has 0 aliphatic carbocycles. The highest BCUT2D eigenvalue weighted by atomic mass is 79.9. The van der Waals surface area contributed by atoms with Gasteiger partial charge in [0.1, 0.15) is 5.75 Å². The number of ether oxygens (including phenoxy) is 4. The van der Waals surface area contributed by atoms with Gasteiger partial charge in [-0.3, -0.25) is 10.2 Å². The lowest BCUT2D eigenvalue weighted by molar-refractivity contribution is -0.130. The Hall–Kier alpha value is -4.43. The van der Waals surface area contributed by atoms with Crippen LogP contribution in [0.2, 0.25) is 0 Å². The molecule has 5 rings (SSSR count). The average molecular weight is 767 g/mol. The molecule has 0 saturated carbocycles. The number of hydrogen-bond donors (Lipinski definition) is 3. The molecule has 11 nitrogen and oxygen atoms in total. The fraction of sp³-hybridized carbons (Fsp3) is 0.297. The number of hydrazine groups is 1. The molecule has 50 heavy (non-hydrogen) atoms. The van der Waals surface area contributed by atoms with Crippen LogP contribution in [0, 0.1) is 0 Å². The summed E-state index contributed by atoms with van der Waals surface area (Å²) < 4.78 is 50.9. The standard InChI is InChI=1S/C37H40BrN3O8S/c1-46-32-18-9-26(25-33(32)47-2)19-21-39-41-36(43)37(20-24-50(44,45)31-7-4-3-5-8-31)34(27-10-14-29(38)15-11-27)49-35(40-37)28-12-16-30(17-13-28)48-23-6-22-42/h3-5,7-18,25,34,39,42H,6,19-24H2,1-2H3,(H,41,43)/t34-,37-/m0/s1. The van der Waals surface area contributed by atoms with Crippen LogP contribution >= 0.6 is 15.9 Å². The molecule has 264 valence electrons. The zero-order chi connectivity index (χ0) is 35.6.